The highest BCUT2D eigenvalue weighted by Gasteiger charge is 2.43. The van der Waals surface area contributed by atoms with Gasteiger partial charge in [0, 0.05) is 6.54 Å². The molecule has 0 unspecified atom stereocenters. The van der Waals surface area contributed by atoms with Crippen LogP contribution in [-0.4, -0.2) is 43.1 Å². The Balaban J connectivity index is 1.98. The zero-order valence-corrected chi connectivity index (χ0v) is 13.1. The summed E-state index contributed by atoms with van der Waals surface area (Å²) in [5, 5.41) is 2.52. The lowest BCUT2D eigenvalue weighted by Crippen LogP contribution is -2.40. The molecule has 6 nitrogen and oxygen atoms in total. The van der Waals surface area contributed by atoms with E-state index in [1.807, 2.05) is 0 Å². The Bertz CT molecular complexity index is 698. The first-order valence-electron chi connectivity index (χ1n) is 6.76. The Morgan fingerprint density at radius 1 is 1.18 bits per heavy atom. The third-order valence-electron chi connectivity index (χ3n) is 3.41. The van der Waals surface area contributed by atoms with Crippen LogP contribution in [0.3, 0.4) is 0 Å². The Morgan fingerprint density at radius 2 is 1.77 bits per heavy atom. The van der Waals surface area contributed by atoms with Crippen molar-refractivity contribution >= 4 is 21.8 Å². The zero-order valence-electron chi connectivity index (χ0n) is 12.3. The summed E-state index contributed by atoms with van der Waals surface area (Å²) in [6.07, 6.45) is 0.120. The van der Waals surface area contributed by atoms with Gasteiger partial charge in [-0.05, 0) is 44.5 Å². The Kier molecular flexibility index (Phi) is 4.23. The first-order valence-corrected chi connectivity index (χ1v) is 8.41. The number of nitrogens with zero attached hydrogens (tertiary/aromatic N) is 1. The Hall–Kier alpha value is -1.96. The quantitative estimate of drug-likeness (QED) is 0.653. The van der Waals surface area contributed by atoms with Crippen LogP contribution >= 0.6 is 0 Å². The predicted molar refractivity (Wildman–Crippen MR) is 77.4 cm³/mol. The molecule has 1 fully saturated rings. The monoisotopic (exact) mass is 328 g/mol. The van der Waals surface area contributed by atoms with E-state index in [1.165, 1.54) is 12.1 Å². The van der Waals surface area contributed by atoms with Gasteiger partial charge in [0.25, 0.3) is 5.91 Å². The SMILES string of the molecule is CC1(C)NC(=O)N(CCCS(=O)(=O)c2ccc(F)cc2)C1=O. The van der Waals surface area contributed by atoms with Crippen LogP contribution in [0.2, 0.25) is 0 Å². The highest BCUT2D eigenvalue weighted by molar-refractivity contribution is 7.91. The van der Waals surface area contributed by atoms with Gasteiger partial charge in [-0.25, -0.2) is 17.6 Å². The smallest absolute Gasteiger partial charge is 0.324 e. The minimum Gasteiger partial charge on any atom is -0.324 e. The van der Waals surface area contributed by atoms with Crippen molar-refractivity contribution in [1.82, 2.24) is 10.2 Å². The number of nitrogens with one attached hydrogen (secondary N) is 1. The van der Waals surface area contributed by atoms with Gasteiger partial charge in [-0.3, -0.25) is 9.69 Å². The fourth-order valence-corrected chi connectivity index (χ4v) is 3.49. The minimum atomic E-state index is -3.57. The van der Waals surface area contributed by atoms with Crippen molar-refractivity contribution in [1.29, 1.82) is 0 Å². The third kappa shape index (κ3) is 3.27. The second-order valence-corrected chi connectivity index (χ2v) is 7.75. The molecule has 0 bridgehead atoms. The van der Waals surface area contributed by atoms with Crippen molar-refractivity contribution in [3.63, 3.8) is 0 Å². The first kappa shape index (κ1) is 16.4. The second kappa shape index (κ2) is 5.68. The molecule has 1 N–H and O–H groups in total. The van der Waals surface area contributed by atoms with E-state index in [9.17, 15) is 22.4 Å². The topological polar surface area (TPSA) is 83.6 Å². The van der Waals surface area contributed by atoms with Gasteiger partial charge in [0.1, 0.15) is 11.4 Å². The number of carbonyl (C=O) groups is 2. The molecule has 0 atom stereocenters. The van der Waals surface area contributed by atoms with Crippen LogP contribution in [-0.2, 0) is 14.6 Å². The van der Waals surface area contributed by atoms with Gasteiger partial charge in [0.2, 0.25) is 0 Å². The number of sulfone groups is 1. The maximum atomic E-state index is 12.8. The largest absolute Gasteiger partial charge is 0.325 e. The molecule has 0 spiro atoms. The number of halogens is 1. The van der Waals surface area contributed by atoms with E-state index in [0.29, 0.717) is 0 Å². The van der Waals surface area contributed by atoms with Crippen LogP contribution in [0.5, 0.6) is 0 Å². The van der Waals surface area contributed by atoms with E-state index in [0.717, 1.165) is 17.0 Å². The number of hydrogen-bond acceptors (Lipinski definition) is 4. The van der Waals surface area contributed by atoms with Crippen molar-refractivity contribution in [2.75, 3.05) is 12.3 Å². The lowest BCUT2D eigenvalue weighted by Gasteiger charge is -2.15. The molecule has 0 saturated carbocycles. The highest BCUT2D eigenvalue weighted by Crippen LogP contribution is 2.18. The molecule has 1 aliphatic heterocycles. The number of imide groups is 1. The molecule has 1 heterocycles. The molecular weight excluding hydrogens is 311 g/mol. The van der Waals surface area contributed by atoms with Crippen LogP contribution in [0.4, 0.5) is 9.18 Å². The first-order chi connectivity index (χ1) is 10.1. The molecule has 3 amide bonds. The number of benzene rings is 1. The summed E-state index contributed by atoms with van der Waals surface area (Å²) in [5.41, 5.74) is -0.965. The fourth-order valence-electron chi connectivity index (χ4n) is 2.19. The summed E-state index contributed by atoms with van der Waals surface area (Å²) in [7, 11) is -3.57. The van der Waals surface area contributed by atoms with E-state index in [4.69, 9.17) is 0 Å². The van der Waals surface area contributed by atoms with Crippen molar-refractivity contribution in [3.05, 3.63) is 30.1 Å². The molecule has 2 rings (SSSR count). The Labute approximate surface area is 128 Å². The van der Waals surface area contributed by atoms with Gasteiger partial charge in [-0.2, -0.15) is 0 Å². The molecule has 1 aromatic carbocycles. The van der Waals surface area contributed by atoms with Crippen molar-refractivity contribution in [2.24, 2.45) is 0 Å². The third-order valence-corrected chi connectivity index (χ3v) is 5.23. The van der Waals surface area contributed by atoms with Gasteiger partial charge < -0.3 is 5.32 Å². The number of amides is 3. The number of rotatable bonds is 5. The minimum absolute atomic E-state index is 0.0198. The fraction of sp³-hybridized carbons (Fsp3) is 0.429. The molecule has 1 aliphatic rings. The van der Waals surface area contributed by atoms with Crippen LogP contribution in [0.15, 0.2) is 29.2 Å². The van der Waals surface area contributed by atoms with Gasteiger partial charge in [-0.1, -0.05) is 0 Å². The summed E-state index contributed by atoms with van der Waals surface area (Å²) < 4.78 is 37.0. The van der Waals surface area contributed by atoms with Crippen LogP contribution < -0.4 is 5.32 Å². The molecule has 0 aliphatic carbocycles. The average Bonchev–Trinajstić information content (AvgIpc) is 2.61. The standard InChI is InChI=1S/C14H17FN2O4S/c1-14(2)12(18)17(13(19)16-14)8-3-9-22(20,21)11-6-4-10(15)5-7-11/h4-7H,3,8-9H2,1-2H3,(H,16,19). The number of hydrogen-bond donors (Lipinski definition) is 1. The highest BCUT2D eigenvalue weighted by atomic mass is 32.2. The maximum Gasteiger partial charge on any atom is 0.325 e. The average molecular weight is 328 g/mol. The van der Waals surface area contributed by atoms with E-state index in [1.54, 1.807) is 13.8 Å². The van der Waals surface area contributed by atoms with Gasteiger partial charge in [0.15, 0.2) is 9.84 Å². The number of urea groups is 1. The summed E-state index contributed by atoms with van der Waals surface area (Å²) in [6.45, 7) is 3.19. The van der Waals surface area contributed by atoms with E-state index in [2.05, 4.69) is 5.32 Å². The molecule has 0 aromatic heterocycles. The second-order valence-electron chi connectivity index (χ2n) is 5.64. The van der Waals surface area contributed by atoms with Crippen LogP contribution in [0.25, 0.3) is 0 Å². The molecular formula is C14H17FN2O4S. The number of carbonyl (C=O) groups excluding carboxylic acids is 2. The Morgan fingerprint density at radius 3 is 2.27 bits per heavy atom. The molecule has 1 saturated heterocycles. The van der Waals surface area contributed by atoms with E-state index < -0.39 is 27.2 Å². The lowest BCUT2D eigenvalue weighted by atomic mass is 10.1. The molecule has 0 radical (unpaired) electrons. The van der Waals surface area contributed by atoms with E-state index >= 15 is 0 Å². The summed E-state index contributed by atoms with van der Waals surface area (Å²) in [5.74, 6) is -1.12. The lowest BCUT2D eigenvalue weighted by molar-refractivity contribution is -0.130. The zero-order chi connectivity index (χ0) is 16.5. The maximum absolute atomic E-state index is 12.8. The molecule has 8 heteroatoms. The molecule has 1 aromatic rings. The summed E-state index contributed by atoms with van der Waals surface area (Å²) >= 11 is 0. The normalized spacial score (nSPS) is 17.7. The van der Waals surface area contributed by atoms with Crippen LogP contribution in [0.1, 0.15) is 20.3 Å². The van der Waals surface area contributed by atoms with E-state index in [-0.39, 0.29) is 29.5 Å². The van der Waals surface area contributed by atoms with Gasteiger partial charge >= 0.3 is 6.03 Å². The summed E-state index contributed by atoms with van der Waals surface area (Å²) in [4.78, 5) is 24.7. The predicted octanol–water partition coefficient (Wildman–Crippen LogP) is 1.32. The summed E-state index contributed by atoms with van der Waals surface area (Å²) in [6, 6.07) is 4.03. The van der Waals surface area contributed by atoms with Gasteiger partial charge in [-0.15, -0.1) is 0 Å². The molecule has 120 valence electrons. The van der Waals surface area contributed by atoms with Crippen molar-refractivity contribution in [2.45, 2.75) is 30.7 Å². The van der Waals surface area contributed by atoms with Crippen molar-refractivity contribution < 1.29 is 22.4 Å². The van der Waals surface area contributed by atoms with Crippen molar-refractivity contribution in [3.8, 4) is 0 Å². The van der Waals surface area contributed by atoms with Crippen LogP contribution in [0, 0.1) is 5.82 Å². The van der Waals surface area contributed by atoms with Gasteiger partial charge in [0.05, 0.1) is 10.6 Å². The molecule has 22 heavy (non-hydrogen) atoms.